The molecule has 0 aromatic heterocycles. The van der Waals surface area contributed by atoms with E-state index in [1.807, 2.05) is 88.1 Å². The second-order valence-corrected chi connectivity index (χ2v) is 12.3. The van der Waals surface area contributed by atoms with Crippen molar-refractivity contribution in [3.05, 3.63) is 177 Å². The Morgan fingerprint density at radius 3 is 1.43 bits per heavy atom. The van der Waals surface area contributed by atoms with Crippen molar-refractivity contribution in [2.45, 2.75) is 6.92 Å². The van der Waals surface area contributed by atoms with Gasteiger partial charge in [-0.15, -0.1) is 53.7 Å². The molecule has 3 aliphatic heterocycles. The van der Waals surface area contributed by atoms with Gasteiger partial charge in [0.25, 0.3) is 0 Å². The van der Waals surface area contributed by atoms with Gasteiger partial charge in [0.05, 0.1) is 6.07 Å². The summed E-state index contributed by atoms with van der Waals surface area (Å²) in [6.45, 7) is 8.22. The van der Waals surface area contributed by atoms with E-state index < -0.39 is 0 Å². The Balaban J connectivity index is 0.000000161. The summed E-state index contributed by atoms with van der Waals surface area (Å²) in [7, 11) is 4.04. The summed E-state index contributed by atoms with van der Waals surface area (Å²) < 4.78 is 0. The summed E-state index contributed by atoms with van der Waals surface area (Å²) in [5.74, 6) is 0. The third-order valence-corrected chi connectivity index (χ3v) is 8.90. The third kappa shape index (κ3) is 6.39. The number of benzene rings is 6. The molecule has 7 nitrogen and oxygen atoms in total. The molecule has 9 rings (SSSR count). The topological polar surface area (TPSA) is 43.2 Å². The normalized spacial score (nSPS) is 13.9. The first-order chi connectivity index (χ1) is 24.5. The molecule has 0 spiro atoms. The molecule has 6 aromatic rings. The van der Waals surface area contributed by atoms with Gasteiger partial charge >= 0.3 is 0 Å². The number of nitriles is 1. The molecule has 0 bridgehead atoms. The van der Waals surface area contributed by atoms with E-state index in [9.17, 15) is 5.26 Å². The van der Waals surface area contributed by atoms with Crippen LogP contribution in [0.1, 0.15) is 11.1 Å². The average Bonchev–Trinajstić information content (AvgIpc) is 3.84. The fourth-order valence-corrected chi connectivity index (χ4v) is 6.45. The molecule has 3 heterocycles. The van der Waals surface area contributed by atoms with Gasteiger partial charge in [0, 0.05) is 54.2 Å². The van der Waals surface area contributed by atoms with Crippen molar-refractivity contribution in [2.75, 3.05) is 43.5 Å². The van der Waals surface area contributed by atoms with Crippen LogP contribution in [0.15, 0.2) is 127 Å². The van der Waals surface area contributed by atoms with Crippen molar-refractivity contribution in [3.63, 3.8) is 0 Å². The van der Waals surface area contributed by atoms with Gasteiger partial charge in [0.1, 0.15) is 0 Å². The zero-order chi connectivity index (χ0) is 34.2. The molecule has 0 aliphatic carbocycles. The second kappa shape index (κ2) is 14.2. The van der Waals surface area contributed by atoms with E-state index in [1.54, 1.807) is 0 Å². The SMILES string of the molecule is CN1[CH-]N(c2[c-]c(N3[CH-]N(C)c4ccccc43)cc(C#N)c2)c2ccccc21.Cc1c[c-]c(N2[CH-]N(c3[c-]cccc3)c3ccccc32)cc1.[Ir]. The smallest absolute Gasteiger partial charge is 0.0726 e. The Bertz CT molecular complexity index is 2120. The van der Waals surface area contributed by atoms with Crippen molar-refractivity contribution in [3.8, 4) is 6.07 Å². The standard InChI is InChI=1S/C23H18N5.C20H15N2.Ir/c1-25-15-27(22-9-5-3-7-20(22)25)18-11-17(14-24)12-19(13-18)28-16-26(2)21-8-4-6-10-23(21)28;1-16-11-13-18(14-12-16)22-15-21(17-7-3-2-4-8-17)19-9-5-6-10-20(19)22;/h3-12,15-16H,1-2H3;2-7,9-13,15H,1H3;/q2*-3;. The first-order valence-corrected chi connectivity index (χ1v) is 16.4. The zero-order valence-electron chi connectivity index (χ0n) is 28.3. The van der Waals surface area contributed by atoms with Gasteiger partial charge in [-0.2, -0.15) is 72.7 Å². The first kappa shape index (κ1) is 33.7. The third-order valence-electron chi connectivity index (χ3n) is 8.90. The number of hydrogen-bond donors (Lipinski definition) is 0. The Kier molecular flexibility index (Phi) is 9.42. The van der Waals surface area contributed by atoms with E-state index in [0.29, 0.717) is 5.56 Å². The van der Waals surface area contributed by atoms with Crippen LogP contribution in [0.4, 0.5) is 56.9 Å². The molecule has 0 saturated heterocycles. The zero-order valence-corrected chi connectivity index (χ0v) is 30.7. The summed E-state index contributed by atoms with van der Waals surface area (Å²) in [4.78, 5) is 12.6. The van der Waals surface area contributed by atoms with Crippen molar-refractivity contribution in [1.29, 1.82) is 5.26 Å². The second-order valence-electron chi connectivity index (χ2n) is 12.3. The number of hydrogen-bond acceptors (Lipinski definition) is 7. The molecule has 0 amide bonds. The summed E-state index contributed by atoms with van der Waals surface area (Å²) in [6.07, 6.45) is 0. The van der Waals surface area contributed by atoms with E-state index in [4.69, 9.17) is 0 Å². The van der Waals surface area contributed by atoms with Gasteiger partial charge in [-0.25, -0.2) is 0 Å². The van der Waals surface area contributed by atoms with Crippen LogP contribution in [0, 0.1) is 56.5 Å². The summed E-state index contributed by atoms with van der Waals surface area (Å²) in [6, 6.07) is 55.2. The van der Waals surface area contributed by atoms with Crippen molar-refractivity contribution in [1.82, 2.24) is 0 Å². The fourth-order valence-electron chi connectivity index (χ4n) is 6.45. The quantitative estimate of drug-likeness (QED) is 0.164. The molecule has 255 valence electrons. The fraction of sp³-hybridized carbons (Fsp3) is 0.0698. The molecule has 51 heavy (non-hydrogen) atoms. The molecule has 0 saturated carbocycles. The molecule has 0 N–H and O–H groups in total. The Labute approximate surface area is 314 Å². The van der Waals surface area contributed by atoms with E-state index in [0.717, 1.165) is 56.9 Å². The van der Waals surface area contributed by atoms with E-state index >= 15 is 0 Å². The maximum Gasteiger partial charge on any atom is 0.0726 e. The molecule has 0 unspecified atom stereocenters. The van der Waals surface area contributed by atoms with Crippen LogP contribution in [-0.4, -0.2) is 14.1 Å². The van der Waals surface area contributed by atoms with Crippen molar-refractivity contribution >= 4 is 56.9 Å². The summed E-state index contributed by atoms with van der Waals surface area (Å²) >= 11 is 0. The Morgan fingerprint density at radius 2 is 0.980 bits per heavy atom. The van der Waals surface area contributed by atoms with Gasteiger partial charge in [0.2, 0.25) is 0 Å². The van der Waals surface area contributed by atoms with Crippen LogP contribution >= 0.6 is 0 Å². The Morgan fingerprint density at radius 1 is 0.529 bits per heavy atom. The van der Waals surface area contributed by atoms with Crippen molar-refractivity contribution < 1.29 is 20.1 Å². The van der Waals surface area contributed by atoms with E-state index in [2.05, 4.69) is 134 Å². The van der Waals surface area contributed by atoms with E-state index in [1.165, 1.54) is 5.56 Å². The molecular weight excluding hydrogens is 807 g/mol. The molecule has 8 heteroatoms. The first-order valence-electron chi connectivity index (χ1n) is 16.4. The van der Waals surface area contributed by atoms with Crippen LogP contribution < -0.4 is 29.4 Å². The van der Waals surface area contributed by atoms with Crippen LogP contribution in [0.3, 0.4) is 0 Å². The predicted molar refractivity (Wildman–Crippen MR) is 203 cm³/mol. The minimum Gasteiger partial charge on any atom is -0.504 e. The number of rotatable bonds is 4. The van der Waals surface area contributed by atoms with Crippen LogP contribution in [0.25, 0.3) is 0 Å². The molecule has 6 aromatic carbocycles. The maximum absolute atomic E-state index is 9.62. The Hall–Kier alpha value is -5.74. The number of para-hydroxylation sites is 7. The van der Waals surface area contributed by atoms with Crippen LogP contribution in [0.5, 0.6) is 0 Å². The van der Waals surface area contributed by atoms with Crippen molar-refractivity contribution in [2.24, 2.45) is 0 Å². The molecule has 1 radical (unpaired) electrons. The number of aryl methyl sites for hydroxylation is 1. The average molecular weight is 840 g/mol. The van der Waals surface area contributed by atoms with Crippen LogP contribution in [0.2, 0.25) is 0 Å². The van der Waals surface area contributed by atoms with Gasteiger partial charge in [-0.05, 0) is 50.5 Å². The number of nitrogens with zero attached hydrogens (tertiary/aromatic N) is 7. The molecule has 0 atom stereocenters. The molecule has 3 aliphatic rings. The molecular formula is C43H33IrN7-6. The number of anilines is 10. The van der Waals surface area contributed by atoms with Gasteiger partial charge < -0.3 is 29.4 Å². The monoisotopic (exact) mass is 840 g/mol. The largest absolute Gasteiger partial charge is 0.504 e. The minimum atomic E-state index is 0. The maximum atomic E-state index is 9.62. The summed E-state index contributed by atoms with van der Waals surface area (Å²) in [5.41, 5.74) is 12.3. The van der Waals surface area contributed by atoms with Gasteiger partial charge in [-0.3, -0.25) is 0 Å². The minimum absolute atomic E-state index is 0. The van der Waals surface area contributed by atoms with Crippen LogP contribution in [-0.2, 0) is 20.1 Å². The van der Waals surface area contributed by atoms with E-state index in [-0.39, 0.29) is 20.1 Å². The van der Waals surface area contributed by atoms with Gasteiger partial charge in [-0.1, -0.05) is 48.9 Å². The summed E-state index contributed by atoms with van der Waals surface area (Å²) in [5, 5.41) is 9.62. The number of fused-ring (bicyclic) bond motifs is 3. The van der Waals surface area contributed by atoms with Gasteiger partial charge in [0.15, 0.2) is 0 Å². The predicted octanol–water partition coefficient (Wildman–Crippen LogP) is 9.77. The molecule has 0 fully saturated rings.